The summed E-state index contributed by atoms with van der Waals surface area (Å²) in [5.41, 5.74) is 1.06. The third-order valence-corrected chi connectivity index (χ3v) is 2.55. The van der Waals surface area contributed by atoms with Crippen LogP contribution in [-0.4, -0.2) is 11.2 Å². The van der Waals surface area contributed by atoms with Crippen molar-refractivity contribution in [3.05, 3.63) is 28.5 Å². The van der Waals surface area contributed by atoms with E-state index in [0.717, 1.165) is 10.2 Å². The molecule has 0 aromatic carbocycles. The lowest BCUT2D eigenvalue weighted by Gasteiger charge is -2.09. The van der Waals surface area contributed by atoms with Gasteiger partial charge in [0, 0.05) is 10.7 Å². The highest BCUT2D eigenvalue weighted by Gasteiger charge is 2.03. The van der Waals surface area contributed by atoms with Crippen molar-refractivity contribution < 1.29 is 0 Å². The first kappa shape index (κ1) is 10.0. The highest BCUT2D eigenvalue weighted by atomic mass is 79.9. The van der Waals surface area contributed by atoms with Crippen LogP contribution in [0.15, 0.2) is 22.8 Å². The Labute approximate surface area is 85.4 Å². The van der Waals surface area contributed by atoms with Crippen LogP contribution < -0.4 is 4.72 Å². The van der Waals surface area contributed by atoms with E-state index in [0.29, 0.717) is 6.04 Å². The molecule has 0 aliphatic rings. The maximum absolute atomic E-state index is 4.27. The smallest absolute Gasteiger partial charge is 0.0579 e. The normalized spacial score (nSPS) is 12.9. The highest BCUT2D eigenvalue weighted by Crippen LogP contribution is 2.14. The fourth-order valence-corrected chi connectivity index (χ4v) is 1.59. The van der Waals surface area contributed by atoms with Crippen molar-refractivity contribution in [2.24, 2.45) is 0 Å². The van der Waals surface area contributed by atoms with Gasteiger partial charge in [-0.15, -0.1) is 0 Å². The van der Waals surface area contributed by atoms with Crippen molar-refractivity contribution in [3.8, 4) is 0 Å². The third-order valence-electron chi connectivity index (χ3n) is 1.49. The van der Waals surface area contributed by atoms with Gasteiger partial charge in [0.25, 0.3) is 0 Å². The van der Waals surface area contributed by atoms with Gasteiger partial charge >= 0.3 is 0 Å². The molecular formula is C8H11BrN2S. The van der Waals surface area contributed by atoms with Gasteiger partial charge in [0.15, 0.2) is 0 Å². The van der Waals surface area contributed by atoms with Crippen LogP contribution in [0, 0.1) is 0 Å². The molecular weight excluding hydrogens is 236 g/mol. The Balaban J connectivity index is 2.68. The largest absolute Gasteiger partial charge is 0.258 e. The van der Waals surface area contributed by atoms with Crippen LogP contribution in [0.4, 0.5) is 0 Å². The molecule has 0 aliphatic carbocycles. The summed E-state index contributed by atoms with van der Waals surface area (Å²) in [6, 6.07) is 4.31. The molecule has 1 unspecified atom stereocenters. The Morgan fingerprint density at radius 2 is 2.33 bits per heavy atom. The minimum absolute atomic E-state index is 0.299. The summed E-state index contributed by atoms with van der Waals surface area (Å²) in [5, 5.41) is 0. The van der Waals surface area contributed by atoms with Gasteiger partial charge in [-0.25, -0.2) is 0 Å². The highest BCUT2D eigenvalue weighted by molar-refractivity contribution is 9.10. The molecule has 0 spiro atoms. The van der Waals surface area contributed by atoms with Gasteiger partial charge in [-0.3, -0.25) is 9.71 Å². The average Bonchev–Trinajstić information content (AvgIpc) is 2.06. The first-order valence-corrected chi connectivity index (χ1v) is 5.65. The summed E-state index contributed by atoms with van der Waals surface area (Å²) >= 11 is 4.95. The van der Waals surface area contributed by atoms with E-state index in [1.807, 2.05) is 24.6 Å². The molecule has 4 heteroatoms. The molecule has 1 atom stereocenters. The van der Waals surface area contributed by atoms with Crippen LogP contribution in [0.1, 0.15) is 18.7 Å². The zero-order valence-electron chi connectivity index (χ0n) is 7.04. The lowest BCUT2D eigenvalue weighted by molar-refractivity contribution is 0.726. The molecule has 0 aliphatic heterocycles. The van der Waals surface area contributed by atoms with E-state index in [-0.39, 0.29) is 0 Å². The summed E-state index contributed by atoms with van der Waals surface area (Å²) in [6.07, 6.45) is 3.82. The van der Waals surface area contributed by atoms with Crippen LogP contribution in [0.2, 0.25) is 0 Å². The van der Waals surface area contributed by atoms with Crippen molar-refractivity contribution in [1.29, 1.82) is 0 Å². The summed E-state index contributed by atoms with van der Waals surface area (Å²) < 4.78 is 4.24. The average molecular weight is 247 g/mol. The van der Waals surface area contributed by atoms with Gasteiger partial charge in [-0.1, -0.05) is 11.9 Å². The fraction of sp³-hybridized carbons (Fsp3) is 0.375. The number of aromatic nitrogens is 1. The summed E-state index contributed by atoms with van der Waals surface area (Å²) in [5.74, 6) is 0. The van der Waals surface area contributed by atoms with Gasteiger partial charge in [0.1, 0.15) is 0 Å². The SMILES string of the molecule is CSNC(C)c1ccc(Br)cn1. The summed E-state index contributed by atoms with van der Waals surface area (Å²) in [4.78, 5) is 4.27. The Kier molecular flexibility index (Phi) is 4.05. The summed E-state index contributed by atoms with van der Waals surface area (Å²) in [6.45, 7) is 2.09. The maximum Gasteiger partial charge on any atom is 0.0579 e. The maximum atomic E-state index is 4.27. The van der Waals surface area contributed by atoms with E-state index in [2.05, 4.69) is 32.6 Å². The quantitative estimate of drug-likeness (QED) is 0.831. The molecule has 2 nitrogen and oxygen atoms in total. The molecule has 0 saturated carbocycles. The standard InChI is InChI=1S/C8H11BrN2S/c1-6(11-12-2)8-4-3-7(9)5-10-8/h3-6,11H,1-2H3. The predicted molar refractivity (Wildman–Crippen MR) is 57.0 cm³/mol. The molecule has 1 aromatic heterocycles. The number of halogens is 1. The lowest BCUT2D eigenvalue weighted by Crippen LogP contribution is -2.10. The van der Waals surface area contributed by atoms with Crippen molar-refractivity contribution >= 4 is 27.9 Å². The number of nitrogens with one attached hydrogen (secondary N) is 1. The molecule has 0 fully saturated rings. The second-order valence-electron chi connectivity index (χ2n) is 2.44. The van der Waals surface area contributed by atoms with Gasteiger partial charge in [-0.2, -0.15) is 0 Å². The van der Waals surface area contributed by atoms with Crippen LogP contribution in [-0.2, 0) is 0 Å². The van der Waals surface area contributed by atoms with Gasteiger partial charge in [0.2, 0.25) is 0 Å². The van der Waals surface area contributed by atoms with E-state index in [1.54, 1.807) is 11.9 Å². The van der Waals surface area contributed by atoms with Crippen molar-refractivity contribution in [1.82, 2.24) is 9.71 Å². The van der Waals surface area contributed by atoms with Gasteiger partial charge in [0.05, 0.1) is 11.7 Å². The van der Waals surface area contributed by atoms with Crippen molar-refractivity contribution in [2.45, 2.75) is 13.0 Å². The van der Waals surface area contributed by atoms with E-state index in [9.17, 15) is 0 Å². The zero-order chi connectivity index (χ0) is 8.97. The number of rotatable bonds is 3. The molecule has 0 amide bonds. The Bertz CT molecular complexity index is 237. The molecule has 0 bridgehead atoms. The number of hydrogen-bond donors (Lipinski definition) is 1. The van der Waals surface area contributed by atoms with Crippen molar-refractivity contribution in [2.75, 3.05) is 6.26 Å². The second kappa shape index (κ2) is 4.84. The van der Waals surface area contributed by atoms with E-state index in [1.165, 1.54) is 0 Å². The third kappa shape index (κ3) is 2.77. The zero-order valence-corrected chi connectivity index (χ0v) is 9.45. The van der Waals surface area contributed by atoms with E-state index < -0.39 is 0 Å². The molecule has 66 valence electrons. The molecule has 0 saturated heterocycles. The lowest BCUT2D eigenvalue weighted by atomic mass is 10.2. The van der Waals surface area contributed by atoms with E-state index in [4.69, 9.17) is 0 Å². The topological polar surface area (TPSA) is 24.9 Å². The molecule has 1 aromatic rings. The Morgan fingerprint density at radius 3 is 2.83 bits per heavy atom. The Hall–Kier alpha value is -0.0600. The minimum atomic E-state index is 0.299. The van der Waals surface area contributed by atoms with Crippen LogP contribution >= 0.6 is 27.9 Å². The van der Waals surface area contributed by atoms with Crippen LogP contribution in [0.25, 0.3) is 0 Å². The summed E-state index contributed by atoms with van der Waals surface area (Å²) in [7, 11) is 0. The molecule has 1 rings (SSSR count). The predicted octanol–water partition coefficient (Wildman–Crippen LogP) is 2.77. The van der Waals surface area contributed by atoms with Crippen molar-refractivity contribution in [3.63, 3.8) is 0 Å². The Morgan fingerprint density at radius 1 is 1.58 bits per heavy atom. The molecule has 1 N–H and O–H groups in total. The first-order valence-electron chi connectivity index (χ1n) is 3.64. The number of nitrogens with zero attached hydrogens (tertiary/aromatic N) is 1. The van der Waals surface area contributed by atoms with E-state index >= 15 is 0 Å². The molecule has 1 heterocycles. The number of hydrogen-bond acceptors (Lipinski definition) is 3. The van der Waals surface area contributed by atoms with Crippen LogP contribution in [0.5, 0.6) is 0 Å². The molecule has 12 heavy (non-hydrogen) atoms. The number of pyridine rings is 1. The first-order chi connectivity index (χ1) is 5.74. The van der Waals surface area contributed by atoms with Gasteiger partial charge < -0.3 is 0 Å². The monoisotopic (exact) mass is 246 g/mol. The fourth-order valence-electron chi connectivity index (χ4n) is 0.881. The van der Waals surface area contributed by atoms with Gasteiger partial charge in [-0.05, 0) is 41.2 Å². The molecule has 0 radical (unpaired) electrons. The minimum Gasteiger partial charge on any atom is -0.258 e. The van der Waals surface area contributed by atoms with Crippen LogP contribution in [0.3, 0.4) is 0 Å². The second-order valence-corrected chi connectivity index (χ2v) is 4.00.